The molecule has 4 atom stereocenters. The first-order chi connectivity index (χ1) is 6.83. The molecule has 14 heavy (non-hydrogen) atoms. The van der Waals surface area contributed by atoms with E-state index in [0.717, 1.165) is 29.7 Å². The number of rotatable bonds is 4. The second-order valence-electron chi connectivity index (χ2n) is 5.97. The molecule has 1 nitrogen and oxygen atoms in total. The Morgan fingerprint density at radius 3 is 2.57 bits per heavy atom. The molecule has 1 heteroatoms. The number of nitrogens with one attached hydrogen (secondary N) is 1. The van der Waals surface area contributed by atoms with Crippen LogP contribution in [0.25, 0.3) is 0 Å². The van der Waals surface area contributed by atoms with Gasteiger partial charge in [0.2, 0.25) is 0 Å². The largest absolute Gasteiger partial charge is 0.314 e. The van der Waals surface area contributed by atoms with Crippen molar-refractivity contribution in [3.8, 4) is 0 Å². The zero-order valence-corrected chi connectivity index (χ0v) is 9.34. The molecule has 2 bridgehead atoms. The van der Waals surface area contributed by atoms with Crippen molar-refractivity contribution >= 4 is 0 Å². The summed E-state index contributed by atoms with van der Waals surface area (Å²) in [5.41, 5.74) is 0. The van der Waals surface area contributed by atoms with Crippen molar-refractivity contribution in [1.82, 2.24) is 5.32 Å². The van der Waals surface area contributed by atoms with Crippen molar-refractivity contribution in [2.45, 2.75) is 51.5 Å². The monoisotopic (exact) mass is 193 g/mol. The third-order valence-electron chi connectivity index (χ3n) is 4.92. The van der Waals surface area contributed by atoms with Gasteiger partial charge in [0, 0.05) is 6.04 Å². The molecular formula is C13H23N. The van der Waals surface area contributed by atoms with Gasteiger partial charge in [-0.3, -0.25) is 0 Å². The van der Waals surface area contributed by atoms with Crippen LogP contribution < -0.4 is 5.32 Å². The maximum atomic E-state index is 3.77. The molecule has 0 radical (unpaired) electrons. The molecule has 3 fully saturated rings. The quantitative estimate of drug-likeness (QED) is 0.724. The van der Waals surface area contributed by atoms with Crippen LogP contribution in [0.5, 0.6) is 0 Å². The van der Waals surface area contributed by atoms with Gasteiger partial charge in [0.05, 0.1) is 0 Å². The van der Waals surface area contributed by atoms with Crippen LogP contribution in [0.2, 0.25) is 0 Å². The van der Waals surface area contributed by atoms with Crippen molar-refractivity contribution in [1.29, 1.82) is 0 Å². The van der Waals surface area contributed by atoms with E-state index in [2.05, 4.69) is 12.2 Å². The number of fused-ring (bicyclic) bond motifs is 2. The molecule has 3 aliphatic rings. The zero-order chi connectivity index (χ0) is 9.54. The molecule has 1 N–H and O–H groups in total. The van der Waals surface area contributed by atoms with E-state index < -0.39 is 0 Å². The highest BCUT2D eigenvalue weighted by Gasteiger charge is 2.39. The fourth-order valence-corrected chi connectivity index (χ4v) is 3.73. The lowest BCUT2D eigenvalue weighted by molar-refractivity contribution is 0.303. The van der Waals surface area contributed by atoms with Crippen molar-refractivity contribution < 1.29 is 0 Å². The highest BCUT2D eigenvalue weighted by molar-refractivity contribution is 4.92. The van der Waals surface area contributed by atoms with Crippen molar-refractivity contribution in [2.24, 2.45) is 23.7 Å². The molecule has 0 spiro atoms. The predicted octanol–water partition coefficient (Wildman–Crippen LogP) is 2.81. The molecule has 0 amide bonds. The minimum Gasteiger partial charge on any atom is -0.314 e. The Labute approximate surface area is 87.7 Å². The summed E-state index contributed by atoms with van der Waals surface area (Å²) in [6.07, 6.45) is 9.13. The van der Waals surface area contributed by atoms with Crippen LogP contribution >= 0.6 is 0 Å². The SMILES string of the molecule is CC(NCC1CC2CCC1C2)C1CC1. The molecule has 3 aliphatic carbocycles. The van der Waals surface area contributed by atoms with Gasteiger partial charge in [0.15, 0.2) is 0 Å². The molecule has 0 aliphatic heterocycles. The molecule has 80 valence electrons. The first-order valence-electron chi connectivity index (χ1n) is 6.56. The average Bonchev–Trinajstić information content (AvgIpc) is 2.85. The van der Waals surface area contributed by atoms with E-state index in [4.69, 9.17) is 0 Å². The lowest BCUT2D eigenvalue weighted by Crippen LogP contribution is -2.34. The Kier molecular flexibility index (Phi) is 2.31. The van der Waals surface area contributed by atoms with Crippen LogP contribution in [0, 0.1) is 23.7 Å². The van der Waals surface area contributed by atoms with Crippen LogP contribution in [0.3, 0.4) is 0 Å². The van der Waals surface area contributed by atoms with Crippen LogP contribution in [0.4, 0.5) is 0 Å². The Balaban J connectivity index is 1.44. The van der Waals surface area contributed by atoms with Gasteiger partial charge in [-0.1, -0.05) is 6.42 Å². The third kappa shape index (κ3) is 1.71. The van der Waals surface area contributed by atoms with Gasteiger partial charge in [-0.2, -0.15) is 0 Å². The maximum absolute atomic E-state index is 3.77. The molecule has 4 unspecified atom stereocenters. The minimum atomic E-state index is 0.800. The lowest BCUT2D eigenvalue weighted by Gasteiger charge is -2.24. The van der Waals surface area contributed by atoms with Crippen LogP contribution in [-0.2, 0) is 0 Å². The summed E-state index contributed by atoms with van der Waals surface area (Å²) in [6, 6.07) is 0.800. The van der Waals surface area contributed by atoms with Gasteiger partial charge in [0.25, 0.3) is 0 Å². The van der Waals surface area contributed by atoms with Crippen molar-refractivity contribution in [2.75, 3.05) is 6.54 Å². The maximum Gasteiger partial charge on any atom is 0.00671 e. The van der Waals surface area contributed by atoms with Crippen LogP contribution in [0.15, 0.2) is 0 Å². The Bertz CT molecular complexity index is 209. The third-order valence-corrected chi connectivity index (χ3v) is 4.92. The summed E-state index contributed by atoms with van der Waals surface area (Å²) in [7, 11) is 0. The zero-order valence-electron chi connectivity index (χ0n) is 9.34. The van der Waals surface area contributed by atoms with E-state index in [1.807, 2.05) is 0 Å². The predicted molar refractivity (Wildman–Crippen MR) is 59.1 cm³/mol. The molecule has 0 aromatic rings. The molecule has 0 aromatic heterocycles. The first-order valence-corrected chi connectivity index (χ1v) is 6.56. The van der Waals surface area contributed by atoms with Gasteiger partial charge in [-0.05, 0) is 69.2 Å². The van der Waals surface area contributed by atoms with Gasteiger partial charge in [-0.25, -0.2) is 0 Å². The fraction of sp³-hybridized carbons (Fsp3) is 1.00. The molecule has 0 aromatic carbocycles. The van der Waals surface area contributed by atoms with Crippen LogP contribution in [0.1, 0.15) is 45.4 Å². The fourth-order valence-electron chi connectivity index (χ4n) is 3.73. The number of hydrogen-bond acceptors (Lipinski definition) is 1. The minimum absolute atomic E-state index is 0.800. The summed E-state index contributed by atoms with van der Waals surface area (Å²) >= 11 is 0. The first kappa shape index (κ1) is 9.21. The summed E-state index contributed by atoms with van der Waals surface area (Å²) in [5.74, 6) is 4.27. The van der Waals surface area contributed by atoms with Crippen molar-refractivity contribution in [3.05, 3.63) is 0 Å². The molecule has 0 saturated heterocycles. The standard InChI is InChI=1S/C13H23N/c1-9(11-4-5-11)14-8-13-7-10-2-3-12(13)6-10/h9-14H,2-8H2,1H3. The molecule has 3 rings (SSSR count). The Morgan fingerprint density at radius 2 is 2.00 bits per heavy atom. The summed E-state index contributed by atoms with van der Waals surface area (Å²) in [4.78, 5) is 0. The molecular weight excluding hydrogens is 170 g/mol. The highest BCUT2D eigenvalue weighted by atomic mass is 14.9. The lowest BCUT2D eigenvalue weighted by atomic mass is 9.88. The highest BCUT2D eigenvalue weighted by Crippen LogP contribution is 2.48. The molecule has 0 heterocycles. The summed E-state index contributed by atoms with van der Waals surface area (Å²) in [5, 5.41) is 3.77. The van der Waals surface area contributed by atoms with Gasteiger partial charge in [-0.15, -0.1) is 0 Å². The second-order valence-corrected chi connectivity index (χ2v) is 5.97. The van der Waals surface area contributed by atoms with Crippen LogP contribution in [-0.4, -0.2) is 12.6 Å². The van der Waals surface area contributed by atoms with E-state index in [9.17, 15) is 0 Å². The van der Waals surface area contributed by atoms with E-state index in [-0.39, 0.29) is 0 Å². The Morgan fingerprint density at radius 1 is 1.14 bits per heavy atom. The summed E-state index contributed by atoms with van der Waals surface area (Å²) < 4.78 is 0. The second kappa shape index (κ2) is 3.52. The van der Waals surface area contributed by atoms with Gasteiger partial charge in [0.1, 0.15) is 0 Å². The van der Waals surface area contributed by atoms with Gasteiger partial charge >= 0.3 is 0 Å². The van der Waals surface area contributed by atoms with E-state index in [0.29, 0.717) is 0 Å². The number of hydrogen-bond donors (Lipinski definition) is 1. The van der Waals surface area contributed by atoms with E-state index in [1.54, 1.807) is 12.8 Å². The summed E-state index contributed by atoms with van der Waals surface area (Å²) in [6.45, 7) is 3.70. The smallest absolute Gasteiger partial charge is 0.00671 e. The topological polar surface area (TPSA) is 12.0 Å². The van der Waals surface area contributed by atoms with Crippen molar-refractivity contribution in [3.63, 3.8) is 0 Å². The average molecular weight is 193 g/mol. The van der Waals surface area contributed by atoms with Gasteiger partial charge < -0.3 is 5.32 Å². The Hall–Kier alpha value is -0.0400. The normalized spacial score (nSPS) is 43.1. The molecule has 3 saturated carbocycles. The van der Waals surface area contributed by atoms with E-state index in [1.165, 1.54) is 32.2 Å². The van der Waals surface area contributed by atoms with E-state index >= 15 is 0 Å².